The average Bonchev–Trinajstić information content (AvgIpc) is 2.16. The van der Waals surface area contributed by atoms with Crippen molar-refractivity contribution < 1.29 is 18.3 Å². The SMILES string of the molecule is CCCC(=O)COc1c(F)cc(F)cc1Br. The first-order chi connectivity index (χ1) is 7.54. The lowest BCUT2D eigenvalue weighted by Gasteiger charge is -2.08. The first-order valence-electron chi connectivity index (χ1n) is 4.83. The van der Waals surface area contributed by atoms with Gasteiger partial charge in [-0.05, 0) is 28.4 Å². The number of ketones is 1. The zero-order chi connectivity index (χ0) is 12.1. The van der Waals surface area contributed by atoms with Crippen LogP contribution < -0.4 is 4.74 Å². The van der Waals surface area contributed by atoms with Crippen LogP contribution in [0, 0.1) is 11.6 Å². The van der Waals surface area contributed by atoms with Crippen molar-refractivity contribution in [2.45, 2.75) is 19.8 Å². The number of rotatable bonds is 5. The van der Waals surface area contributed by atoms with Gasteiger partial charge < -0.3 is 4.74 Å². The second-order valence-electron chi connectivity index (χ2n) is 3.28. The minimum absolute atomic E-state index is 0.113. The Hall–Kier alpha value is -0.970. The van der Waals surface area contributed by atoms with Crippen LogP contribution >= 0.6 is 15.9 Å². The molecule has 5 heteroatoms. The lowest BCUT2D eigenvalue weighted by Crippen LogP contribution is -2.11. The van der Waals surface area contributed by atoms with E-state index in [9.17, 15) is 13.6 Å². The van der Waals surface area contributed by atoms with Gasteiger partial charge in [0, 0.05) is 12.5 Å². The second kappa shape index (κ2) is 5.94. The Labute approximate surface area is 101 Å². The summed E-state index contributed by atoms with van der Waals surface area (Å²) in [5, 5.41) is 0. The molecule has 0 fully saturated rings. The zero-order valence-corrected chi connectivity index (χ0v) is 10.3. The van der Waals surface area contributed by atoms with E-state index >= 15 is 0 Å². The summed E-state index contributed by atoms with van der Waals surface area (Å²) in [6, 6.07) is 1.80. The topological polar surface area (TPSA) is 26.3 Å². The van der Waals surface area contributed by atoms with Gasteiger partial charge in [0.2, 0.25) is 0 Å². The molecule has 0 aromatic heterocycles. The predicted octanol–water partition coefficient (Wildman–Crippen LogP) is 3.48. The Kier molecular flexibility index (Phi) is 4.86. The van der Waals surface area contributed by atoms with E-state index in [1.807, 2.05) is 6.92 Å². The molecule has 2 nitrogen and oxygen atoms in total. The number of Topliss-reactive ketones (excluding diaryl/α,β-unsaturated/α-hetero) is 1. The van der Waals surface area contributed by atoms with E-state index < -0.39 is 11.6 Å². The molecule has 0 radical (unpaired) electrons. The molecular weight excluding hydrogens is 282 g/mol. The molecule has 0 amide bonds. The minimum Gasteiger partial charge on any atom is -0.482 e. The molecule has 88 valence electrons. The van der Waals surface area contributed by atoms with Crippen molar-refractivity contribution in [1.82, 2.24) is 0 Å². The van der Waals surface area contributed by atoms with Crippen molar-refractivity contribution in [3.63, 3.8) is 0 Å². The van der Waals surface area contributed by atoms with E-state index in [0.717, 1.165) is 12.5 Å². The molecule has 1 aromatic carbocycles. The van der Waals surface area contributed by atoms with Crippen LogP contribution in [0.3, 0.4) is 0 Å². The Balaban J connectivity index is 2.70. The highest BCUT2D eigenvalue weighted by molar-refractivity contribution is 9.10. The van der Waals surface area contributed by atoms with Crippen LogP contribution in [0.25, 0.3) is 0 Å². The van der Waals surface area contributed by atoms with Gasteiger partial charge in [0.25, 0.3) is 0 Å². The van der Waals surface area contributed by atoms with Gasteiger partial charge in [-0.25, -0.2) is 8.78 Å². The number of ether oxygens (including phenoxy) is 1. The summed E-state index contributed by atoms with van der Waals surface area (Å²) in [6.45, 7) is 1.67. The third-order valence-electron chi connectivity index (χ3n) is 1.87. The summed E-state index contributed by atoms with van der Waals surface area (Å²) in [7, 11) is 0. The highest BCUT2D eigenvalue weighted by Gasteiger charge is 2.12. The fourth-order valence-corrected chi connectivity index (χ4v) is 1.69. The first kappa shape index (κ1) is 13.1. The summed E-state index contributed by atoms with van der Waals surface area (Å²) in [4.78, 5) is 11.2. The van der Waals surface area contributed by atoms with E-state index in [1.165, 1.54) is 0 Å². The fourth-order valence-electron chi connectivity index (χ4n) is 1.17. The van der Waals surface area contributed by atoms with Gasteiger partial charge in [0.1, 0.15) is 12.4 Å². The first-order valence-corrected chi connectivity index (χ1v) is 5.63. The van der Waals surface area contributed by atoms with Gasteiger partial charge in [0.15, 0.2) is 17.3 Å². The molecule has 0 atom stereocenters. The van der Waals surface area contributed by atoms with Crippen LogP contribution in [0.1, 0.15) is 19.8 Å². The van der Waals surface area contributed by atoms with E-state index in [4.69, 9.17) is 4.74 Å². The predicted molar refractivity (Wildman–Crippen MR) is 59.5 cm³/mol. The molecule has 1 aromatic rings. The smallest absolute Gasteiger partial charge is 0.170 e. The molecule has 0 N–H and O–H groups in total. The van der Waals surface area contributed by atoms with Gasteiger partial charge in [-0.2, -0.15) is 0 Å². The molecule has 0 unspecified atom stereocenters. The number of carbonyl (C=O) groups excluding carboxylic acids is 1. The van der Waals surface area contributed by atoms with Crippen molar-refractivity contribution >= 4 is 21.7 Å². The van der Waals surface area contributed by atoms with Crippen LogP contribution in [-0.4, -0.2) is 12.4 Å². The van der Waals surface area contributed by atoms with E-state index in [0.29, 0.717) is 12.5 Å². The normalized spacial score (nSPS) is 10.2. The number of hydrogen-bond donors (Lipinski definition) is 0. The molecule has 16 heavy (non-hydrogen) atoms. The van der Waals surface area contributed by atoms with E-state index in [-0.39, 0.29) is 22.6 Å². The summed E-state index contributed by atoms with van der Waals surface area (Å²) in [5.74, 6) is -1.77. The summed E-state index contributed by atoms with van der Waals surface area (Å²) in [6.07, 6.45) is 1.11. The minimum atomic E-state index is -0.823. The molecule has 0 aliphatic rings. The average molecular weight is 293 g/mol. The van der Waals surface area contributed by atoms with Crippen molar-refractivity contribution in [1.29, 1.82) is 0 Å². The van der Waals surface area contributed by atoms with Crippen LogP contribution in [0.2, 0.25) is 0 Å². The van der Waals surface area contributed by atoms with Gasteiger partial charge in [-0.3, -0.25) is 4.79 Å². The van der Waals surface area contributed by atoms with Crippen molar-refractivity contribution in [3.05, 3.63) is 28.2 Å². The lowest BCUT2D eigenvalue weighted by molar-refractivity contribution is -0.121. The van der Waals surface area contributed by atoms with Crippen LogP contribution in [0.15, 0.2) is 16.6 Å². The fraction of sp³-hybridized carbons (Fsp3) is 0.364. The number of benzene rings is 1. The third-order valence-corrected chi connectivity index (χ3v) is 2.46. The van der Waals surface area contributed by atoms with Crippen molar-refractivity contribution in [2.75, 3.05) is 6.61 Å². The molecule has 0 saturated heterocycles. The maximum Gasteiger partial charge on any atom is 0.170 e. The molecule has 1 rings (SSSR count). The van der Waals surface area contributed by atoms with E-state index in [1.54, 1.807) is 0 Å². The quantitative estimate of drug-likeness (QED) is 0.831. The summed E-state index contributed by atoms with van der Waals surface area (Å²) < 4.78 is 31.1. The van der Waals surface area contributed by atoms with Crippen LogP contribution in [-0.2, 0) is 4.79 Å². The lowest BCUT2D eigenvalue weighted by atomic mass is 10.2. The monoisotopic (exact) mass is 292 g/mol. The molecular formula is C11H11BrF2O2. The van der Waals surface area contributed by atoms with Gasteiger partial charge in [-0.15, -0.1) is 0 Å². The second-order valence-corrected chi connectivity index (χ2v) is 4.13. The maximum absolute atomic E-state index is 13.2. The van der Waals surface area contributed by atoms with Gasteiger partial charge >= 0.3 is 0 Å². The Morgan fingerprint density at radius 2 is 2.12 bits per heavy atom. The van der Waals surface area contributed by atoms with Crippen molar-refractivity contribution in [2.24, 2.45) is 0 Å². The number of halogens is 3. The molecule has 0 bridgehead atoms. The number of hydrogen-bond acceptors (Lipinski definition) is 2. The van der Waals surface area contributed by atoms with Crippen LogP contribution in [0.4, 0.5) is 8.78 Å². The van der Waals surface area contributed by atoms with Crippen molar-refractivity contribution in [3.8, 4) is 5.75 Å². The maximum atomic E-state index is 13.2. The van der Waals surface area contributed by atoms with Gasteiger partial charge in [0.05, 0.1) is 4.47 Å². The molecule has 0 aliphatic heterocycles. The van der Waals surface area contributed by atoms with E-state index in [2.05, 4.69) is 15.9 Å². The standard InChI is InChI=1S/C11H11BrF2O2/c1-2-3-8(15)6-16-11-9(12)4-7(13)5-10(11)14/h4-5H,2-3,6H2,1H3. The van der Waals surface area contributed by atoms with Gasteiger partial charge in [-0.1, -0.05) is 6.92 Å². The highest BCUT2D eigenvalue weighted by Crippen LogP contribution is 2.29. The molecule has 0 spiro atoms. The largest absolute Gasteiger partial charge is 0.482 e. The summed E-state index contributed by atoms with van der Waals surface area (Å²) in [5.41, 5.74) is 0. The Morgan fingerprint density at radius 3 is 2.69 bits per heavy atom. The molecule has 0 saturated carbocycles. The third kappa shape index (κ3) is 3.56. The molecule has 0 aliphatic carbocycles. The Bertz CT molecular complexity index is 371. The zero-order valence-electron chi connectivity index (χ0n) is 8.73. The van der Waals surface area contributed by atoms with Crippen LogP contribution in [0.5, 0.6) is 5.75 Å². The molecule has 0 heterocycles. The highest BCUT2D eigenvalue weighted by atomic mass is 79.9. The number of carbonyl (C=O) groups is 1. The summed E-state index contributed by atoms with van der Waals surface area (Å²) >= 11 is 2.97. The Morgan fingerprint density at radius 1 is 1.44 bits per heavy atom.